The molecule has 2 heterocycles. The zero-order valence-corrected chi connectivity index (χ0v) is 22.5. The van der Waals surface area contributed by atoms with Gasteiger partial charge in [-0.2, -0.15) is 8.42 Å². The summed E-state index contributed by atoms with van der Waals surface area (Å²) in [6.07, 6.45) is 2.73. The van der Waals surface area contributed by atoms with Crippen LogP contribution in [0, 0.1) is 26.6 Å². The van der Waals surface area contributed by atoms with Crippen LogP contribution in [0.3, 0.4) is 0 Å². The highest BCUT2D eigenvalue weighted by molar-refractivity contribution is 8.05. The Balaban J connectivity index is 1.79. The number of sulfonamides is 1. The van der Waals surface area contributed by atoms with Gasteiger partial charge in [-0.25, -0.2) is 14.1 Å². The molecular formula is C28H28FN3O5S. The fourth-order valence-corrected chi connectivity index (χ4v) is 5.06. The minimum atomic E-state index is -4.19. The predicted octanol–water partition coefficient (Wildman–Crippen LogP) is 5.42. The number of nitrogens with zero attached hydrogens (tertiary/aromatic N) is 2. The Hall–Kier alpha value is -4.05. The maximum absolute atomic E-state index is 14.4. The minimum Gasteiger partial charge on any atom is -0.491 e. The van der Waals surface area contributed by atoms with Crippen LogP contribution in [0.4, 0.5) is 4.39 Å². The molecule has 1 aliphatic heterocycles. The largest absolute Gasteiger partial charge is 0.491 e. The maximum Gasteiger partial charge on any atom is 0.281 e. The van der Waals surface area contributed by atoms with Crippen molar-refractivity contribution in [2.45, 2.75) is 40.7 Å². The van der Waals surface area contributed by atoms with Crippen molar-refractivity contribution in [3.63, 3.8) is 0 Å². The molecule has 0 saturated heterocycles. The number of nitrogens with one attached hydrogen (secondary N) is 1. The van der Waals surface area contributed by atoms with Gasteiger partial charge in [-0.05, 0) is 76.1 Å². The minimum absolute atomic E-state index is 0.116. The molecule has 198 valence electrons. The molecule has 8 nitrogen and oxygen atoms in total. The second-order valence-electron chi connectivity index (χ2n) is 9.24. The fourth-order valence-electron chi connectivity index (χ4n) is 4.08. The number of pyridine rings is 1. The van der Waals surface area contributed by atoms with E-state index in [4.69, 9.17) is 9.47 Å². The van der Waals surface area contributed by atoms with Crippen LogP contribution < -0.4 is 14.2 Å². The molecule has 0 atom stereocenters. The zero-order valence-electron chi connectivity index (χ0n) is 21.7. The summed E-state index contributed by atoms with van der Waals surface area (Å²) in [6.45, 7) is 9.54. The first-order valence-electron chi connectivity index (χ1n) is 12.0. The molecular weight excluding hydrogens is 509 g/mol. The molecule has 0 bridgehead atoms. The standard InChI is InChI=1S/C28H28FN3O5S/c1-16(2)36-22-14-20(13-21(29)15-22)24-9-8-23(27(33)32-38(34,35)25-7-6-10-30-25)28(31-24)37-26-18(4)11-17(3)12-19(26)5/h6-9,11-16H,10H2,1-5H3,(H,32,33). The van der Waals surface area contributed by atoms with Gasteiger partial charge in [0.15, 0.2) is 5.04 Å². The predicted molar refractivity (Wildman–Crippen MR) is 144 cm³/mol. The molecule has 1 aliphatic rings. The number of hydrogen-bond donors (Lipinski definition) is 1. The Morgan fingerprint density at radius 2 is 1.76 bits per heavy atom. The Bertz CT molecular complexity index is 1560. The summed E-state index contributed by atoms with van der Waals surface area (Å²) >= 11 is 0. The number of carbonyl (C=O) groups is 1. The van der Waals surface area contributed by atoms with Crippen molar-refractivity contribution in [2.75, 3.05) is 6.54 Å². The summed E-state index contributed by atoms with van der Waals surface area (Å²) < 4.78 is 53.5. The highest BCUT2D eigenvalue weighted by Gasteiger charge is 2.26. The summed E-state index contributed by atoms with van der Waals surface area (Å²) in [4.78, 5) is 21.5. The monoisotopic (exact) mass is 537 g/mol. The van der Waals surface area contributed by atoms with Gasteiger partial charge in [0.25, 0.3) is 15.9 Å². The first-order chi connectivity index (χ1) is 17.9. The third-order valence-electron chi connectivity index (χ3n) is 5.56. The second-order valence-corrected chi connectivity index (χ2v) is 10.9. The summed E-state index contributed by atoms with van der Waals surface area (Å²) in [5, 5.41) is -0.236. The first kappa shape index (κ1) is 27.0. The highest BCUT2D eigenvalue weighted by Crippen LogP contribution is 2.33. The van der Waals surface area contributed by atoms with Gasteiger partial charge < -0.3 is 9.47 Å². The number of benzene rings is 2. The van der Waals surface area contributed by atoms with Crippen LogP contribution in [-0.2, 0) is 10.0 Å². The van der Waals surface area contributed by atoms with Crippen LogP contribution >= 0.6 is 0 Å². The Morgan fingerprint density at radius 3 is 2.39 bits per heavy atom. The average Bonchev–Trinajstić information content (AvgIpc) is 3.36. The van der Waals surface area contributed by atoms with Crippen LogP contribution in [-0.4, -0.2) is 37.0 Å². The lowest BCUT2D eigenvalue weighted by Crippen LogP contribution is -2.35. The quantitative estimate of drug-likeness (QED) is 0.450. The van der Waals surface area contributed by atoms with Crippen LogP contribution in [0.5, 0.6) is 17.4 Å². The zero-order chi connectivity index (χ0) is 27.6. The molecule has 1 amide bonds. The van der Waals surface area contributed by atoms with Crippen LogP contribution in [0.25, 0.3) is 11.3 Å². The smallest absolute Gasteiger partial charge is 0.281 e. The van der Waals surface area contributed by atoms with Gasteiger partial charge in [-0.15, -0.1) is 0 Å². The van der Waals surface area contributed by atoms with Crippen molar-refractivity contribution in [1.82, 2.24) is 9.71 Å². The molecule has 0 fully saturated rings. The maximum atomic E-state index is 14.4. The van der Waals surface area contributed by atoms with E-state index in [0.29, 0.717) is 22.8 Å². The molecule has 0 saturated carbocycles. The number of amides is 1. The number of carbonyl (C=O) groups excluding carboxylic acids is 1. The van der Waals surface area contributed by atoms with E-state index >= 15 is 0 Å². The van der Waals surface area contributed by atoms with E-state index < -0.39 is 21.7 Å². The molecule has 0 aliphatic carbocycles. The molecule has 1 aromatic heterocycles. The van der Waals surface area contributed by atoms with E-state index in [-0.39, 0.29) is 29.1 Å². The van der Waals surface area contributed by atoms with E-state index in [1.54, 1.807) is 12.1 Å². The van der Waals surface area contributed by atoms with E-state index in [2.05, 4.69) is 9.98 Å². The van der Waals surface area contributed by atoms with Crippen molar-refractivity contribution in [3.8, 4) is 28.6 Å². The first-order valence-corrected chi connectivity index (χ1v) is 13.4. The van der Waals surface area contributed by atoms with Crippen molar-refractivity contribution in [2.24, 2.45) is 4.99 Å². The molecule has 10 heteroatoms. The van der Waals surface area contributed by atoms with Crippen molar-refractivity contribution >= 4 is 21.0 Å². The third kappa shape index (κ3) is 6.08. The summed E-state index contributed by atoms with van der Waals surface area (Å²) in [5.74, 6) is -0.797. The molecule has 2 aromatic carbocycles. The second kappa shape index (κ2) is 10.7. The molecule has 0 spiro atoms. The number of hydrogen-bond acceptors (Lipinski definition) is 7. The number of aryl methyl sites for hydroxylation is 3. The fraction of sp³-hybridized carbons (Fsp3) is 0.250. The Kier molecular flexibility index (Phi) is 7.63. The molecule has 1 N–H and O–H groups in total. The van der Waals surface area contributed by atoms with Gasteiger partial charge in [0.1, 0.15) is 22.9 Å². The molecule has 4 rings (SSSR count). The van der Waals surface area contributed by atoms with Gasteiger partial charge in [0.2, 0.25) is 5.88 Å². The van der Waals surface area contributed by atoms with E-state index in [0.717, 1.165) is 16.7 Å². The van der Waals surface area contributed by atoms with Crippen LogP contribution in [0.2, 0.25) is 0 Å². The lowest BCUT2D eigenvalue weighted by Gasteiger charge is -2.16. The van der Waals surface area contributed by atoms with Gasteiger partial charge >= 0.3 is 0 Å². The summed E-state index contributed by atoms with van der Waals surface area (Å²) in [6, 6.07) is 10.9. The normalized spacial score (nSPS) is 13.0. The van der Waals surface area contributed by atoms with Crippen LogP contribution in [0.1, 0.15) is 40.9 Å². The molecule has 0 unspecified atom stereocenters. The molecule has 3 aromatic rings. The number of ether oxygens (including phenoxy) is 2. The van der Waals surface area contributed by atoms with Gasteiger partial charge in [0.05, 0.1) is 18.3 Å². The Morgan fingerprint density at radius 1 is 1.05 bits per heavy atom. The number of aliphatic imine (C=N–C) groups is 1. The van der Waals surface area contributed by atoms with E-state index in [1.165, 1.54) is 30.3 Å². The number of aromatic nitrogens is 1. The topological polar surface area (TPSA) is 107 Å². The number of rotatable bonds is 6. The third-order valence-corrected chi connectivity index (χ3v) is 6.83. The Labute approximate surface area is 221 Å². The highest BCUT2D eigenvalue weighted by atomic mass is 32.2. The van der Waals surface area contributed by atoms with Gasteiger partial charge in [-0.3, -0.25) is 9.79 Å². The van der Waals surface area contributed by atoms with Gasteiger partial charge in [-0.1, -0.05) is 23.8 Å². The van der Waals surface area contributed by atoms with E-state index in [1.807, 2.05) is 51.5 Å². The molecule has 0 radical (unpaired) electrons. The van der Waals surface area contributed by atoms with E-state index in [9.17, 15) is 17.6 Å². The van der Waals surface area contributed by atoms with Crippen molar-refractivity contribution in [3.05, 3.63) is 82.7 Å². The van der Waals surface area contributed by atoms with Gasteiger partial charge in [0, 0.05) is 11.6 Å². The SMILES string of the molecule is Cc1cc(C)c(Oc2nc(-c3cc(F)cc(OC(C)C)c3)ccc2C(=O)NS(=O)(=O)C2=NCC=C2)c(C)c1. The molecule has 38 heavy (non-hydrogen) atoms. The summed E-state index contributed by atoms with van der Waals surface area (Å²) in [5.41, 5.74) is 3.22. The summed E-state index contributed by atoms with van der Waals surface area (Å²) in [7, 11) is -4.19. The van der Waals surface area contributed by atoms with Crippen molar-refractivity contribution < 1.29 is 27.1 Å². The number of halogens is 1. The van der Waals surface area contributed by atoms with Crippen LogP contribution in [0.15, 0.2) is 59.6 Å². The average molecular weight is 538 g/mol. The lowest BCUT2D eigenvalue weighted by molar-refractivity contribution is 0.0979. The van der Waals surface area contributed by atoms with Crippen molar-refractivity contribution in [1.29, 1.82) is 0 Å². The lowest BCUT2D eigenvalue weighted by atomic mass is 10.1.